The van der Waals surface area contributed by atoms with E-state index in [4.69, 9.17) is 9.72 Å². The fourth-order valence-electron chi connectivity index (χ4n) is 5.39. The fourth-order valence-corrected chi connectivity index (χ4v) is 6.37. The topological polar surface area (TPSA) is 114 Å². The number of hydrogen-bond donors (Lipinski definition) is 2. The summed E-state index contributed by atoms with van der Waals surface area (Å²) in [5.41, 5.74) is 1.37. The van der Waals surface area contributed by atoms with Crippen molar-refractivity contribution in [2.75, 3.05) is 31.1 Å². The number of sulfonamides is 1. The second-order valence-electron chi connectivity index (χ2n) is 10.9. The number of carbonyl (C=O) groups is 1. The minimum atomic E-state index is -4.22. The van der Waals surface area contributed by atoms with Crippen molar-refractivity contribution in [1.82, 2.24) is 20.0 Å². The minimum absolute atomic E-state index is 0.126. The maximum Gasteiger partial charge on any atom is 0.281 e. The van der Waals surface area contributed by atoms with E-state index < -0.39 is 21.7 Å². The van der Waals surface area contributed by atoms with Gasteiger partial charge >= 0.3 is 0 Å². The van der Waals surface area contributed by atoms with E-state index in [0.29, 0.717) is 41.7 Å². The number of aromatic nitrogens is 2. The van der Waals surface area contributed by atoms with E-state index >= 15 is 0 Å². The number of rotatable bonds is 8. The Bertz CT molecular complexity index is 1520. The van der Waals surface area contributed by atoms with Crippen molar-refractivity contribution in [3.63, 3.8) is 0 Å². The molecule has 212 valence electrons. The minimum Gasteiger partial charge on any atom is -0.493 e. The zero-order valence-electron chi connectivity index (χ0n) is 22.9. The largest absolute Gasteiger partial charge is 0.493 e. The van der Waals surface area contributed by atoms with E-state index in [0.717, 1.165) is 32.4 Å². The number of pyridine rings is 2. The number of hydrogen-bond acceptors (Lipinski definition) is 8. The first-order valence-electron chi connectivity index (χ1n) is 13.5. The summed E-state index contributed by atoms with van der Waals surface area (Å²) >= 11 is 0. The van der Waals surface area contributed by atoms with Crippen LogP contribution in [-0.2, 0) is 10.0 Å². The van der Waals surface area contributed by atoms with Crippen LogP contribution in [0, 0.1) is 18.7 Å². The summed E-state index contributed by atoms with van der Waals surface area (Å²) in [6.07, 6.45) is 2.71. The lowest BCUT2D eigenvalue weighted by Gasteiger charge is -2.36. The zero-order chi connectivity index (χ0) is 28.5. The molecular weight excluding hydrogens is 533 g/mol. The third-order valence-corrected chi connectivity index (χ3v) is 8.54. The molecule has 4 heterocycles. The van der Waals surface area contributed by atoms with E-state index in [-0.39, 0.29) is 22.0 Å². The Hall–Kier alpha value is -3.57. The van der Waals surface area contributed by atoms with Crippen LogP contribution in [0.5, 0.6) is 5.75 Å². The summed E-state index contributed by atoms with van der Waals surface area (Å²) in [5.74, 6) is -0.228. The number of halogens is 1. The van der Waals surface area contributed by atoms with Gasteiger partial charge in [0.25, 0.3) is 15.9 Å². The first-order chi connectivity index (χ1) is 19.1. The van der Waals surface area contributed by atoms with Crippen molar-refractivity contribution in [2.45, 2.75) is 50.6 Å². The van der Waals surface area contributed by atoms with Crippen molar-refractivity contribution < 1.29 is 22.3 Å². The smallest absolute Gasteiger partial charge is 0.281 e. The second kappa shape index (κ2) is 11.1. The molecular formula is C29H34FN5O4S. The van der Waals surface area contributed by atoms with E-state index in [1.165, 1.54) is 18.2 Å². The number of nitrogens with one attached hydrogen (secondary N) is 2. The standard InChI is InChI=1S/C29H34FN5O4S/c1-19(2)17-39-23-15-21(14-22(30)16-23)25-9-8-24(27(33-25)35-13-5-10-29(35)11-12-31-18-29)28(36)34-40(37,38)26-7-4-6-20(3)32-26/h4,6-9,14-16,19,31H,5,10-13,17-18H2,1-3H3,(H,34,36). The van der Waals surface area contributed by atoms with E-state index in [9.17, 15) is 17.6 Å². The Labute approximate surface area is 234 Å². The SMILES string of the molecule is Cc1cccc(S(=O)(=O)NC(=O)c2ccc(-c3cc(F)cc(OCC(C)C)c3)nc2N2CCCC23CCNC3)n1. The molecule has 0 bridgehead atoms. The van der Waals surface area contributed by atoms with E-state index in [1.54, 1.807) is 37.3 Å². The van der Waals surface area contributed by atoms with Gasteiger partial charge in [-0.25, -0.2) is 19.1 Å². The number of carbonyl (C=O) groups excluding carboxylic acids is 1. The number of amides is 1. The van der Waals surface area contributed by atoms with Gasteiger partial charge in [-0.2, -0.15) is 8.42 Å². The molecule has 1 amide bonds. The van der Waals surface area contributed by atoms with Gasteiger partial charge in [-0.05, 0) is 75.0 Å². The molecule has 40 heavy (non-hydrogen) atoms. The van der Waals surface area contributed by atoms with Crippen LogP contribution >= 0.6 is 0 Å². The summed E-state index contributed by atoms with van der Waals surface area (Å²) in [6, 6.07) is 12.2. The zero-order valence-corrected chi connectivity index (χ0v) is 23.7. The van der Waals surface area contributed by atoms with Crippen LogP contribution < -0.4 is 19.7 Å². The van der Waals surface area contributed by atoms with Gasteiger partial charge in [0, 0.05) is 30.4 Å². The number of benzene rings is 1. The Morgan fingerprint density at radius 2 is 2.00 bits per heavy atom. The van der Waals surface area contributed by atoms with Gasteiger partial charge in [-0.1, -0.05) is 19.9 Å². The molecule has 0 saturated carbocycles. The molecule has 11 heteroatoms. The van der Waals surface area contributed by atoms with Crippen LogP contribution in [0.2, 0.25) is 0 Å². The Morgan fingerprint density at radius 1 is 1.18 bits per heavy atom. The average molecular weight is 568 g/mol. The van der Waals surface area contributed by atoms with Crippen molar-refractivity contribution in [2.24, 2.45) is 5.92 Å². The highest BCUT2D eigenvalue weighted by Crippen LogP contribution is 2.40. The summed E-state index contributed by atoms with van der Waals surface area (Å²) in [7, 11) is -4.22. The monoisotopic (exact) mass is 567 g/mol. The van der Waals surface area contributed by atoms with Crippen molar-refractivity contribution in [3.05, 3.63) is 65.6 Å². The van der Waals surface area contributed by atoms with Gasteiger partial charge in [0.05, 0.1) is 23.4 Å². The highest BCUT2D eigenvalue weighted by atomic mass is 32.2. The van der Waals surface area contributed by atoms with Gasteiger partial charge in [0.15, 0.2) is 5.03 Å². The first kappa shape index (κ1) is 28.0. The molecule has 2 N–H and O–H groups in total. The Balaban J connectivity index is 1.55. The van der Waals surface area contributed by atoms with Crippen molar-refractivity contribution in [1.29, 1.82) is 0 Å². The summed E-state index contributed by atoms with van der Waals surface area (Å²) in [5, 5.41) is 3.17. The number of aryl methyl sites for hydroxylation is 1. The van der Waals surface area contributed by atoms with Crippen LogP contribution in [0.25, 0.3) is 11.3 Å². The van der Waals surface area contributed by atoms with Crippen molar-refractivity contribution >= 4 is 21.7 Å². The third-order valence-electron chi connectivity index (χ3n) is 7.31. The second-order valence-corrected chi connectivity index (χ2v) is 12.5. The highest BCUT2D eigenvalue weighted by molar-refractivity contribution is 7.90. The molecule has 2 fully saturated rings. The van der Waals surface area contributed by atoms with Crippen LogP contribution in [0.1, 0.15) is 49.2 Å². The molecule has 9 nitrogen and oxygen atoms in total. The molecule has 2 saturated heterocycles. The number of anilines is 1. The lowest BCUT2D eigenvalue weighted by molar-refractivity contribution is 0.0981. The van der Waals surface area contributed by atoms with Gasteiger partial charge in [0.1, 0.15) is 17.4 Å². The Kier molecular flexibility index (Phi) is 7.78. The predicted octanol–water partition coefficient (Wildman–Crippen LogP) is 4.08. The maximum absolute atomic E-state index is 14.6. The number of ether oxygens (including phenoxy) is 1. The molecule has 3 aromatic rings. The average Bonchev–Trinajstić information content (AvgIpc) is 3.56. The van der Waals surface area contributed by atoms with Crippen LogP contribution in [0.4, 0.5) is 10.2 Å². The van der Waals surface area contributed by atoms with E-state index in [2.05, 4.69) is 19.9 Å². The third kappa shape index (κ3) is 5.80. The molecule has 0 aliphatic carbocycles. The normalized spacial score (nSPS) is 19.0. The van der Waals surface area contributed by atoms with Gasteiger partial charge in [-0.15, -0.1) is 0 Å². The van der Waals surface area contributed by atoms with Gasteiger partial charge in [-0.3, -0.25) is 4.79 Å². The van der Waals surface area contributed by atoms with Crippen LogP contribution in [0.15, 0.2) is 53.6 Å². The van der Waals surface area contributed by atoms with E-state index in [1.807, 2.05) is 13.8 Å². The molecule has 2 aliphatic rings. The van der Waals surface area contributed by atoms with Crippen LogP contribution in [0.3, 0.4) is 0 Å². The highest BCUT2D eigenvalue weighted by Gasteiger charge is 2.45. The van der Waals surface area contributed by atoms with Crippen molar-refractivity contribution in [3.8, 4) is 17.0 Å². The maximum atomic E-state index is 14.6. The lowest BCUT2D eigenvalue weighted by atomic mass is 9.94. The van der Waals surface area contributed by atoms with Gasteiger partial charge in [0.2, 0.25) is 0 Å². The summed E-state index contributed by atoms with van der Waals surface area (Å²) in [6.45, 7) is 8.37. The quantitative estimate of drug-likeness (QED) is 0.419. The number of nitrogens with zero attached hydrogens (tertiary/aromatic N) is 3. The molecule has 5 rings (SSSR count). The summed E-state index contributed by atoms with van der Waals surface area (Å²) in [4.78, 5) is 24.6. The molecule has 1 aromatic carbocycles. The molecule has 1 spiro atoms. The molecule has 1 atom stereocenters. The predicted molar refractivity (Wildman–Crippen MR) is 150 cm³/mol. The first-order valence-corrected chi connectivity index (χ1v) is 15.0. The lowest BCUT2D eigenvalue weighted by Crippen LogP contribution is -2.47. The fraction of sp³-hybridized carbons (Fsp3) is 0.414. The van der Waals surface area contributed by atoms with Crippen LogP contribution in [-0.4, -0.2) is 56.1 Å². The molecule has 0 radical (unpaired) electrons. The Morgan fingerprint density at radius 3 is 2.73 bits per heavy atom. The summed E-state index contributed by atoms with van der Waals surface area (Å²) < 4.78 is 48.6. The van der Waals surface area contributed by atoms with Gasteiger partial charge < -0.3 is 15.0 Å². The molecule has 1 unspecified atom stereocenters. The molecule has 2 aliphatic heterocycles. The molecule has 2 aromatic heterocycles.